The van der Waals surface area contributed by atoms with Gasteiger partial charge in [0.05, 0.1) is 12.2 Å². The monoisotopic (exact) mass is 277 g/mol. The minimum atomic E-state index is -0.881. The third kappa shape index (κ3) is 2.25. The summed E-state index contributed by atoms with van der Waals surface area (Å²) in [4.78, 5) is 25.1. The van der Waals surface area contributed by atoms with Gasteiger partial charge >= 0.3 is 5.97 Å². The highest BCUT2D eigenvalue weighted by molar-refractivity contribution is 5.80. The molecule has 0 unspecified atom stereocenters. The summed E-state index contributed by atoms with van der Waals surface area (Å²) < 4.78 is 5.12. The van der Waals surface area contributed by atoms with Gasteiger partial charge in [0, 0.05) is 13.1 Å². The van der Waals surface area contributed by atoms with Gasteiger partial charge < -0.3 is 14.4 Å². The van der Waals surface area contributed by atoms with Crippen molar-refractivity contribution in [2.24, 2.45) is 5.92 Å². The maximum atomic E-state index is 11.8. The molecule has 0 saturated carbocycles. The third-order valence-electron chi connectivity index (χ3n) is 3.05. The highest BCUT2D eigenvalue weighted by Gasteiger charge is 2.35. The molecule has 1 aliphatic heterocycles. The summed E-state index contributed by atoms with van der Waals surface area (Å²) in [6.07, 6.45) is 1.49. The number of likely N-dealkylation sites (tertiary alicyclic amines) is 1. The molecule has 9 nitrogen and oxygen atoms in total. The van der Waals surface area contributed by atoms with E-state index in [4.69, 9.17) is 9.52 Å². The number of carboxylic acid groups (broad SMARTS) is 1. The number of hydrogen-bond donors (Lipinski definition) is 1. The van der Waals surface area contributed by atoms with Gasteiger partial charge in [0.1, 0.15) is 6.54 Å². The largest absolute Gasteiger partial charge is 0.481 e. The maximum absolute atomic E-state index is 11.8. The van der Waals surface area contributed by atoms with Crippen molar-refractivity contribution in [3.05, 3.63) is 18.4 Å². The topological polar surface area (TPSA) is 114 Å². The van der Waals surface area contributed by atoms with E-state index in [0.717, 1.165) is 4.80 Å². The minimum Gasteiger partial charge on any atom is -0.481 e. The van der Waals surface area contributed by atoms with Crippen LogP contribution in [0.3, 0.4) is 0 Å². The molecule has 0 radical (unpaired) electrons. The average Bonchev–Trinajstić information content (AvgIpc) is 2.95. The fourth-order valence-corrected chi connectivity index (χ4v) is 1.87. The lowest BCUT2D eigenvalue weighted by atomic mass is 10.0. The van der Waals surface area contributed by atoms with Crippen LogP contribution in [0.1, 0.15) is 0 Å². The Kier molecular flexibility index (Phi) is 2.93. The number of amides is 1. The molecule has 104 valence electrons. The fourth-order valence-electron chi connectivity index (χ4n) is 1.87. The zero-order valence-electron chi connectivity index (χ0n) is 10.3. The molecule has 3 rings (SSSR count). The number of nitrogens with zero attached hydrogens (tertiary/aromatic N) is 5. The van der Waals surface area contributed by atoms with Gasteiger partial charge in [-0.25, -0.2) is 0 Å². The molecule has 0 aromatic carbocycles. The van der Waals surface area contributed by atoms with Crippen molar-refractivity contribution < 1.29 is 19.1 Å². The summed E-state index contributed by atoms with van der Waals surface area (Å²) in [6, 6.07) is 3.39. The van der Waals surface area contributed by atoms with Gasteiger partial charge in [-0.3, -0.25) is 9.59 Å². The number of carbonyl (C=O) groups excluding carboxylic acids is 1. The molecule has 3 heterocycles. The second-order valence-corrected chi connectivity index (χ2v) is 4.45. The van der Waals surface area contributed by atoms with Crippen LogP contribution in [0.25, 0.3) is 11.6 Å². The third-order valence-corrected chi connectivity index (χ3v) is 3.05. The number of aliphatic carboxylic acids is 1. The first-order chi connectivity index (χ1) is 9.63. The van der Waals surface area contributed by atoms with Crippen molar-refractivity contribution >= 4 is 11.9 Å². The molecule has 1 saturated heterocycles. The van der Waals surface area contributed by atoms with Gasteiger partial charge in [0.15, 0.2) is 5.76 Å². The minimum absolute atomic E-state index is 0.0694. The SMILES string of the molecule is O=C(O)C1CN(C(=O)Cn2nnc(-c3ccco3)n2)C1. The summed E-state index contributed by atoms with van der Waals surface area (Å²) in [5.41, 5.74) is 0. The molecular weight excluding hydrogens is 266 g/mol. The van der Waals surface area contributed by atoms with E-state index in [9.17, 15) is 9.59 Å². The van der Waals surface area contributed by atoms with Crippen LogP contribution in [-0.4, -0.2) is 55.2 Å². The zero-order valence-corrected chi connectivity index (χ0v) is 10.3. The Bertz CT molecular complexity index is 629. The van der Waals surface area contributed by atoms with Gasteiger partial charge in [-0.1, -0.05) is 0 Å². The molecule has 1 N–H and O–H groups in total. The number of rotatable bonds is 4. The maximum Gasteiger partial charge on any atom is 0.310 e. The van der Waals surface area contributed by atoms with Crippen LogP contribution in [0.4, 0.5) is 0 Å². The summed E-state index contributed by atoms with van der Waals surface area (Å²) in [5.74, 6) is -0.811. The van der Waals surface area contributed by atoms with E-state index in [0.29, 0.717) is 11.6 Å². The normalized spacial score (nSPS) is 15.1. The molecule has 2 aromatic heterocycles. The van der Waals surface area contributed by atoms with Crippen LogP contribution in [0.5, 0.6) is 0 Å². The van der Waals surface area contributed by atoms with E-state index in [1.165, 1.54) is 11.2 Å². The van der Waals surface area contributed by atoms with Gasteiger partial charge in [-0.05, 0) is 17.3 Å². The van der Waals surface area contributed by atoms with E-state index in [1.807, 2.05) is 0 Å². The summed E-state index contributed by atoms with van der Waals surface area (Å²) in [7, 11) is 0. The Labute approximate surface area is 112 Å². The van der Waals surface area contributed by atoms with E-state index in [1.54, 1.807) is 12.1 Å². The Hall–Kier alpha value is -2.71. The lowest BCUT2D eigenvalue weighted by molar-refractivity contribution is -0.153. The molecule has 1 amide bonds. The molecule has 0 spiro atoms. The predicted molar refractivity (Wildman–Crippen MR) is 63.2 cm³/mol. The lowest BCUT2D eigenvalue weighted by Gasteiger charge is -2.36. The van der Waals surface area contributed by atoms with Crippen molar-refractivity contribution in [3.8, 4) is 11.6 Å². The van der Waals surface area contributed by atoms with Crippen LogP contribution in [0, 0.1) is 5.92 Å². The molecule has 1 aliphatic rings. The molecule has 1 fully saturated rings. The summed E-state index contributed by atoms with van der Waals surface area (Å²) >= 11 is 0. The van der Waals surface area contributed by atoms with E-state index in [-0.39, 0.29) is 25.5 Å². The van der Waals surface area contributed by atoms with Crippen LogP contribution in [0.15, 0.2) is 22.8 Å². The Morgan fingerprint density at radius 2 is 2.25 bits per heavy atom. The van der Waals surface area contributed by atoms with Crippen LogP contribution in [-0.2, 0) is 16.1 Å². The zero-order chi connectivity index (χ0) is 14.1. The highest BCUT2D eigenvalue weighted by Crippen LogP contribution is 2.16. The van der Waals surface area contributed by atoms with Gasteiger partial charge in [0.2, 0.25) is 11.7 Å². The van der Waals surface area contributed by atoms with E-state index in [2.05, 4.69) is 15.4 Å². The van der Waals surface area contributed by atoms with Crippen LogP contribution in [0.2, 0.25) is 0 Å². The fraction of sp³-hybridized carbons (Fsp3) is 0.364. The first-order valence-corrected chi connectivity index (χ1v) is 5.96. The molecule has 9 heteroatoms. The number of carbonyl (C=O) groups is 2. The van der Waals surface area contributed by atoms with Crippen molar-refractivity contribution in [2.75, 3.05) is 13.1 Å². The van der Waals surface area contributed by atoms with Crippen molar-refractivity contribution in [1.82, 2.24) is 25.1 Å². The molecule has 2 aromatic rings. The lowest BCUT2D eigenvalue weighted by Crippen LogP contribution is -2.54. The predicted octanol–water partition coefficient (Wildman–Crippen LogP) is -0.524. The molecular formula is C11H11N5O4. The number of carboxylic acids is 1. The summed E-state index contributed by atoms with van der Waals surface area (Å²) in [5, 5.41) is 20.3. The molecule has 0 bridgehead atoms. The van der Waals surface area contributed by atoms with Gasteiger partial charge in [0.25, 0.3) is 0 Å². The second kappa shape index (κ2) is 4.76. The Balaban J connectivity index is 1.59. The van der Waals surface area contributed by atoms with Gasteiger partial charge in [-0.2, -0.15) is 4.80 Å². The van der Waals surface area contributed by atoms with Gasteiger partial charge in [-0.15, -0.1) is 10.2 Å². The van der Waals surface area contributed by atoms with Crippen molar-refractivity contribution in [2.45, 2.75) is 6.54 Å². The number of furan rings is 1. The van der Waals surface area contributed by atoms with Crippen LogP contribution >= 0.6 is 0 Å². The quantitative estimate of drug-likeness (QED) is 0.799. The number of tetrazole rings is 1. The second-order valence-electron chi connectivity index (χ2n) is 4.45. The Morgan fingerprint density at radius 1 is 1.45 bits per heavy atom. The Morgan fingerprint density at radius 3 is 2.90 bits per heavy atom. The highest BCUT2D eigenvalue weighted by atomic mass is 16.4. The van der Waals surface area contributed by atoms with Crippen LogP contribution < -0.4 is 0 Å². The number of aromatic nitrogens is 4. The molecule has 20 heavy (non-hydrogen) atoms. The van der Waals surface area contributed by atoms with Crippen molar-refractivity contribution in [1.29, 1.82) is 0 Å². The molecule has 0 aliphatic carbocycles. The smallest absolute Gasteiger partial charge is 0.310 e. The summed E-state index contributed by atoms with van der Waals surface area (Å²) in [6.45, 7) is 0.391. The molecule has 0 atom stereocenters. The first kappa shape index (κ1) is 12.3. The van der Waals surface area contributed by atoms with E-state index < -0.39 is 11.9 Å². The van der Waals surface area contributed by atoms with Crippen molar-refractivity contribution in [3.63, 3.8) is 0 Å². The van der Waals surface area contributed by atoms with E-state index >= 15 is 0 Å². The first-order valence-electron chi connectivity index (χ1n) is 5.96. The standard InChI is InChI=1S/C11H11N5O4/c17-9(15-4-7(5-15)11(18)19)6-16-13-10(12-14-16)8-2-1-3-20-8/h1-3,7H,4-6H2,(H,18,19). The average molecular weight is 277 g/mol. The number of hydrogen-bond acceptors (Lipinski definition) is 6.